The number of nitrogens with zero attached hydrogens (tertiary/aromatic N) is 2. The quantitative estimate of drug-likeness (QED) is 0.456. The molecule has 0 atom stereocenters. The average Bonchev–Trinajstić information content (AvgIpc) is 3.10. The van der Waals surface area contributed by atoms with Gasteiger partial charge in [-0.1, -0.05) is 30.3 Å². The summed E-state index contributed by atoms with van der Waals surface area (Å²) >= 11 is 0. The molecule has 0 unspecified atom stereocenters. The normalized spacial score (nSPS) is 11.1. The first-order valence-corrected chi connectivity index (χ1v) is 6.74. The predicted molar refractivity (Wildman–Crippen MR) is 82.4 cm³/mol. The molecule has 2 aromatic heterocycles. The number of fused-ring (bicyclic) bond motifs is 1. The van der Waals surface area contributed by atoms with Crippen LogP contribution < -0.4 is 0 Å². The lowest BCUT2D eigenvalue weighted by atomic mass is 10.1. The van der Waals surface area contributed by atoms with E-state index in [1.807, 2.05) is 30.3 Å². The molecule has 4 aromatic rings. The first-order chi connectivity index (χ1) is 10.7. The Balaban J connectivity index is 1.84. The fraction of sp³-hybridized carbons (Fsp3) is 0. The van der Waals surface area contributed by atoms with Crippen molar-refractivity contribution in [2.24, 2.45) is 0 Å². The van der Waals surface area contributed by atoms with Crippen LogP contribution >= 0.6 is 0 Å². The van der Waals surface area contributed by atoms with E-state index in [1.165, 1.54) is 0 Å². The van der Waals surface area contributed by atoms with Gasteiger partial charge >= 0.3 is 0 Å². The van der Waals surface area contributed by atoms with Crippen molar-refractivity contribution in [1.82, 2.24) is 20.2 Å². The van der Waals surface area contributed by atoms with Crippen LogP contribution in [0.2, 0.25) is 0 Å². The van der Waals surface area contributed by atoms with E-state index in [1.54, 1.807) is 18.2 Å². The van der Waals surface area contributed by atoms with Gasteiger partial charge in [-0.3, -0.25) is 5.10 Å². The lowest BCUT2D eigenvalue weighted by molar-refractivity contribution is 0.476. The van der Waals surface area contributed by atoms with E-state index in [9.17, 15) is 10.2 Å². The van der Waals surface area contributed by atoms with Crippen molar-refractivity contribution >= 4 is 11.0 Å². The number of aromatic hydroxyl groups is 2. The summed E-state index contributed by atoms with van der Waals surface area (Å²) in [4.78, 5) is 7.45. The number of benzene rings is 2. The number of phenolic OH excluding ortho intramolecular Hbond substituents is 1. The maximum atomic E-state index is 10.4. The van der Waals surface area contributed by atoms with Crippen LogP contribution in [0.4, 0.5) is 0 Å². The molecule has 6 nitrogen and oxygen atoms in total. The van der Waals surface area contributed by atoms with E-state index in [4.69, 9.17) is 0 Å². The molecule has 108 valence electrons. The molecule has 0 fully saturated rings. The van der Waals surface area contributed by atoms with Crippen LogP contribution in [-0.2, 0) is 0 Å². The number of nitrogens with one attached hydrogen (secondary N) is 2. The Bertz CT molecular complexity index is 957. The molecule has 22 heavy (non-hydrogen) atoms. The van der Waals surface area contributed by atoms with Crippen LogP contribution in [0.5, 0.6) is 11.5 Å². The average molecular weight is 292 g/mol. The number of rotatable bonds is 2. The molecule has 0 aliphatic carbocycles. The van der Waals surface area contributed by atoms with Gasteiger partial charge < -0.3 is 15.2 Å². The Labute approximate surface area is 125 Å². The molecule has 0 amide bonds. The SMILES string of the molecule is Oc1ccc2nc(-c3[nH]nc(-c4ccccc4)c3O)[nH]c2c1. The zero-order valence-electron chi connectivity index (χ0n) is 11.4. The zero-order valence-corrected chi connectivity index (χ0v) is 11.4. The molecule has 0 saturated carbocycles. The Morgan fingerprint density at radius 1 is 0.955 bits per heavy atom. The Morgan fingerprint density at radius 2 is 1.77 bits per heavy atom. The van der Waals surface area contributed by atoms with Crippen molar-refractivity contribution < 1.29 is 10.2 Å². The second-order valence-corrected chi connectivity index (χ2v) is 4.95. The molecular weight excluding hydrogens is 280 g/mol. The number of phenols is 1. The molecule has 0 aliphatic heterocycles. The van der Waals surface area contributed by atoms with E-state index in [0.717, 1.165) is 5.56 Å². The van der Waals surface area contributed by atoms with E-state index < -0.39 is 0 Å². The monoisotopic (exact) mass is 292 g/mol. The predicted octanol–water partition coefficient (Wildman–Crippen LogP) is 3.03. The Kier molecular flexibility index (Phi) is 2.62. The highest BCUT2D eigenvalue weighted by Gasteiger charge is 2.18. The van der Waals surface area contributed by atoms with Gasteiger partial charge in [0.25, 0.3) is 0 Å². The Hall–Kier alpha value is -3.28. The summed E-state index contributed by atoms with van der Waals surface area (Å²) < 4.78 is 0. The van der Waals surface area contributed by atoms with Crippen LogP contribution in [0.15, 0.2) is 48.5 Å². The first-order valence-electron chi connectivity index (χ1n) is 6.74. The number of H-pyrrole nitrogens is 2. The van der Waals surface area contributed by atoms with E-state index in [-0.39, 0.29) is 11.5 Å². The number of hydrogen-bond donors (Lipinski definition) is 4. The van der Waals surface area contributed by atoms with Crippen molar-refractivity contribution in [1.29, 1.82) is 0 Å². The highest BCUT2D eigenvalue weighted by atomic mass is 16.3. The summed E-state index contributed by atoms with van der Waals surface area (Å²) in [6, 6.07) is 14.3. The standard InChI is InChI=1S/C16H12N4O2/c21-10-6-7-11-12(8-10)18-16(17-11)14-15(22)13(19-20-14)9-4-2-1-3-5-9/h1-8,21-22H,(H,17,18)(H,19,20). The largest absolute Gasteiger partial charge is 0.508 e. The van der Waals surface area contributed by atoms with E-state index in [2.05, 4.69) is 20.2 Å². The maximum absolute atomic E-state index is 10.4. The van der Waals surface area contributed by atoms with Crippen molar-refractivity contribution in [2.75, 3.05) is 0 Å². The molecule has 4 N–H and O–H groups in total. The number of aromatic nitrogens is 4. The molecule has 0 aliphatic rings. The molecule has 0 spiro atoms. The van der Waals surface area contributed by atoms with Crippen LogP contribution in [0.1, 0.15) is 0 Å². The van der Waals surface area contributed by atoms with E-state index in [0.29, 0.717) is 28.2 Å². The van der Waals surface area contributed by atoms with Crippen molar-refractivity contribution in [3.63, 3.8) is 0 Å². The smallest absolute Gasteiger partial charge is 0.172 e. The van der Waals surface area contributed by atoms with Crippen LogP contribution in [0.25, 0.3) is 33.8 Å². The van der Waals surface area contributed by atoms with Gasteiger partial charge in [0.1, 0.15) is 17.1 Å². The molecule has 4 rings (SSSR count). The summed E-state index contributed by atoms with van der Waals surface area (Å²) in [5.74, 6) is 0.656. The van der Waals surface area contributed by atoms with Gasteiger partial charge in [-0.05, 0) is 12.1 Å². The summed E-state index contributed by atoms with van der Waals surface area (Å²) in [7, 11) is 0. The molecular formula is C16H12N4O2. The number of imidazole rings is 1. The lowest BCUT2D eigenvalue weighted by Crippen LogP contribution is -1.80. The van der Waals surface area contributed by atoms with Crippen molar-refractivity contribution in [3.05, 3.63) is 48.5 Å². The first kappa shape index (κ1) is 12.5. The highest BCUT2D eigenvalue weighted by molar-refractivity contribution is 5.83. The summed E-state index contributed by atoms with van der Waals surface area (Å²) in [6.07, 6.45) is 0. The molecule has 2 heterocycles. The van der Waals surface area contributed by atoms with Crippen molar-refractivity contribution in [2.45, 2.75) is 0 Å². The maximum Gasteiger partial charge on any atom is 0.172 e. The third kappa shape index (κ3) is 1.89. The molecule has 6 heteroatoms. The van der Waals surface area contributed by atoms with Gasteiger partial charge in [-0.15, -0.1) is 0 Å². The summed E-state index contributed by atoms with van der Waals surface area (Å²) in [5.41, 5.74) is 3.08. The molecule has 0 bridgehead atoms. The van der Waals surface area contributed by atoms with Crippen LogP contribution in [0.3, 0.4) is 0 Å². The second kappa shape index (κ2) is 4.63. The summed E-state index contributed by atoms with van der Waals surface area (Å²) in [5, 5.41) is 26.9. The number of aromatic amines is 2. The van der Waals surface area contributed by atoms with Gasteiger partial charge in [-0.25, -0.2) is 4.98 Å². The molecule has 0 radical (unpaired) electrons. The minimum absolute atomic E-state index is 0.0366. The van der Waals surface area contributed by atoms with Gasteiger partial charge in [0, 0.05) is 11.6 Å². The minimum atomic E-state index is 0.0366. The fourth-order valence-corrected chi connectivity index (χ4v) is 2.41. The van der Waals surface area contributed by atoms with Crippen LogP contribution in [0, 0.1) is 0 Å². The molecule has 0 saturated heterocycles. The minimum Gasteiger partial charge on any atom is -0.508 e. The highest BCUT2D eigenvalue weighted by Crippen LogP contribution is 2.35. The zero-order chi connectivity index (χ0) is 15.1. The van der Waals surface area contributed by atoms with Gasteiger partial charge in [0.15, 0.2) is 11.6 Å². The number of hydrogen-bond acceptors (Lipinski definition) is 4. The Morgan fingerprint density at radius 3 is 2.59 bits per heavy atom. The second-order valence-electron chi connectivity index (χ2n) is 4.95. The van der Waals surface area contributed by atoms with Gasteiger partial charge in [0.05, 0.1) is 11.0 Å². The lowest BCUT2D eigenvalue weighted by Gasteiger charge is -1.97. The van der Waals surface area contributed by atoms with Gasteiger partial charge in [0.2, 0.25) is 0 Å². The third-order valence-corrected chi connectivity index (χ3v) is 3.49. The third-order valence-electron chi connectivity index (χ3n) is 3.49. The fourth-order valence-electron chi connectivity index (χ4n) is 2.41. The molecule has 2 aromatic carbocycles. The van der Waals surface area contributed by atoms with Crippen molar-refractivity contribution in [3.8, 4) is 34.3 Å². The summed E-state index contributed by atoms with van der Waals surface area (Å²) in [6.45, 7) is 0. The van der Waals surface area contributed by atoms with Gasteiger partial charge in [-0.2, -0.15) is 5.10 Å². The van der Waals surface area contributed by atoms with Crippen LogP contribution in [-0.4, -0.2) is 30.4 Å². The topological polar surface area (TPSA) is 97.8 Å². The van der Waals surface area contributed by atoms with E-state index >= 15 is 0 Å².